The summed E-state index contributed by atoms with van der Waals surface area (Å²) in [5.74, 6) is 0.573. The van der Waals surface area contributed by atoms with Crippen molar-refractivity contribution in [2.45, 2.75) is 32.7 Å². The maximum Gasteiger partial charge on any atom is 0.288 e. The highest BCUT2D eigenvalue weighted by Gasteiger charge is 2.16. The molecule has 0 radical (unpaired) electrons. The van der Waals surface area contributed by atoms with Gasteiger partial charge in [-0.2, -0.15) is 0 Å². The van der Waals surface area contributed by atoms with Gasteiger partial charge in [-0.1, -0.05) is 31.5 Å². The summed E-state index contributed by atoms with van der Waals surface area (Å²) in [5, 5.41) is 10.9. The Kier molecular flexibility index (Phi) is 4.90. The van der Waals surface area contributed by atoms with Crippen molar-refractivity contribution in [1.82, 2.24) is 0 Å². The summed E-state index contributed by atoms with van der Waals surface area (Å²) >= 11 is 5.74. The van der Waals surface area contributed by atoms with E-state index in [9.17, 15) is 10.1 Å². The third-order valence-electron chi connectivity index (χ3n) is 2.65. The zero-order valence-corrected chi connectivity index (χ0v) is 10.8. The summed E-state index contributed by atoms with van der Waals surface area (Å²) in [6.45, 7) is 4.24. The molecule has 1 aromatic carbocycles. The van der Waals surface area contributed by atoms with Crippen molar-refractivity contribution in [3.8, 4) is 0 Å². The van der Waals surface area contributed by atoms with Crippen LogP contribution in [0, 0.1) is 16.0 Å². The molecule has 0 aliphatic rings. The Labute approximate surface area is 106 Å². The van der Waals surface area contributed by atoms with Crippen molar-refractivity contribution in [2.75, 3.05) is 0 Å². The first-order chi connectivity index (χ1) is 7.91. The summed E-state index contributed by atoms with van der Waals surface area (Å²) in [4.78, 5) is 10.3. The summed E-state index contributed by atoms with van der Waals surface area (Å²) in [6.07, 6.45) is 1.81. The standard InChI is InChI=1S/C12H17ClN2O2/c1-8(2)3-6-11(14)9-4-5-10(13)12(7-9)15(16)17/h4-5,7-8,11H,3,6,14H2,1-2H3/t11-/m1/s1. The van der Waals surface area contributed by atoms with E-state index in [0.29, 0.717) is 5.92 Å². The molecule has 0 unspecified atom stereocenters. The summed E-state index contributed by atoms with van der Waals surface area (Å²) in [7, 11) is 0. The third-order valence-corrected chi connectivity index (χ3v) is 2.97. The van der Waals surface area contributed by atoms with Gasteiger partial charge in [-0.25, -0.2) is 0 Å². The van der Waals surface area contributed by atoms with Crippen LogP contribution in [0.2, 0.25) is 5.02 Å². The minimum Gasteiger partial charge on any atom is -0.324 e. The number of hydrogen-bond acceptors (Lipinski definition) is 3. The van der Waals surface area contributed by atoms with E-state index in [1.54, 1.807) is 6.07 Å². The first kappa shape index (κ1) is 13.9. The molecule has 0 bridgehead atoms. The smallest absolute Gasteiger partial charge is 0.288 e. The minimum atomic E-state index is -0.485. The molecule has 0 saturated carbocycles. The van der Waals surface area contributed by atoms with Crippen molar-refractivity contribution < 1.29 is 4.92 Å². The van der Waals surface area contributed by atoms with Crippen LogP contribution in [0.15, 0.2) is 18.2 Å². The minimum absolute atomic E-state index is 0.0795. The lowest BCUT2D eigenvalue weighted by molar-refractivity contribution is -0.384. The fourth-order valence-corrected chi connectivity index (χ4v) is 1.77. The Morgan fingerprint density at radius 3 is 2.59 bits per heavy atom. The molecule has 1 rings (SSSR count). The molecule has 17 heavy (non-hydrogen) atoms. The van der Waals surface area contributed by atoms with Gasteiger partial charge < -0.3 is 5.73 Å². The predicted molar refractivity (Wildman–Crippen MR) is 69.1 cm³/mol. The highest BCUT2D eigenvalue weighted by Crippen LogP contribution is 2.28. The van der Waals surface area contributed by atoms with Crippen LogP contribution in [0.25, 0.3) is 0 Å². The lowest BCUT2D eigenvalue weighted by Gasteiger charge is -2.13. The lowest BCUT2D eigenvalue weighted by atomic mass is 9.98. The van der Waals surface area contributed by atoms with Crippen LogP contribution >= 0.6 is 11.6 Å². The quantitative estimate of drug-likeness (QED) is 0.645. The van der Waals surface area contributed by atoms with Crippen LogP contribution in [0.5, 0.6) is 0 Å². The number of halogens is 1. The monoisotopic (exact) mass is 256 g/mol. The molecule has 0 fully saturated rings. The molecule has 4 nitrogen and oxygen atoms in total. The van der Waals surface area contributed by atoms with E-state index in [0.717, 1.165) is 18.4 Å². The Bertz CT molecular complexity index is 407. The molecular weight excluding hydrogens is 240 g/mol. The second-order valence-electron chi connectivity index (χ2n) is 4.55. The molecule has 0 aliphatic carbocycles. The molecule has 0 aliphatic heterocycles. The number of rotatable bonds is 5. The van der Waals surface area contributed by atoms with Crippen LogP contribution in [0.1, 0.15) is 38.3 Å². The van der Waals surface area contributed by atoms with Gasteiger partial charge in [0.25, 0.3) is 5.69 Å². The first-order valence-electron chi connectivity index (χ1n) is 5.61. The Hall–Kier alpha value is -1.13. The largest absolute Gasteiger partial charge is 0.324 e. The molecule has 5 heteroatoms. The van der Waals surface area contributed by atoms with Crippen LogP contribution in [0.4, 0.5) is 5.69 Å². The average molecular weight is 257 g/mol. The lowest BCUT2D eigenvalue weighted by Crippen LogP contribution is -2.11. The van der Waals surface area contributed by atoms with Crippen LogP contribution in [-0.4, -0.2) is 4.92 Å². The highest BCUT2D eigenvalue weighted by molar-refractivity contribution is 6.32. The maximum atomic E-state index is 10.7. The van der Waals surface area contributed by atoms with Gasteiger partial charge in [0, 0.05) is 12.1 Å². The normalized spacial score (nSPS) is 12.8. The van der Waals surface area contributed by atoms with Gasteiger partial charge in [0.2, 0.25) is 0 Å². The molecule has 0 amide bonds. The Morgan fingerprint density at radius 2 is 2.06 bits per heavy atom. The van der Waals surface area contributed by atoms with Crippen molar-refractivity contribution >= 4 is 17.3 Å². The summed E-state index contributed by atoms with van der Waals surface area (Å²) in [6, 6.07) is 4.58. The molecule has 1 atom stereocenters. The van der Waals surface area contributed by atoms with Crippen LogP contribution in [-0.2, 0) is 0 Å². The number of nitrogens with zero attached hydrogens (tertiary/aromatic N) is 1. The first-order valence-corrected chi connectivity index (χ1v) is 5.99. The number of hydrogen-bond donors (Lipinski definition) is 1. The topological polar surface area (TPSA) is 69.2 Å². The van der Waals surface area contributed by atoms with E-state index in [-0.39, 0.29) is 16.8 Å². The van der Waals surface area contributed by atoms with Gasteiger partial charge in [0.15, 0.2) is 0 Å². The SMILES string of the molecule is CC(C)CC[C@@H](N)c1ccc(Cl)c([N+](=O)[O-])c1. The predicted octanol–water partition coefficient (Wildman–Crippen LogP) is 3.68. The maximum absolute atomic E-state index is 10.7. The van der Waals surface area contributed by atoms with Crippen molar-refractivity contribution in [2.24, 2.45) is 11.7 Å². The van der Waals surface area contributed by atoms with Crippen molar-refractivity contribution in [1.29, 1.82) is 0 Å². The van der Waals surface area contributed by atoms with Gasteiger partial charge in [-0.3, -0.25) is 10.1 Å². The molecule has 0 spiro atoms. The van der Waals surface area contributed by atoms with Gasteiger partial charge in [0.05, 0.1) is 4.92 Å². The highest BCUT2D eigenvalue weighted by atomic mass is 35.5. The number of benzene rings is 1. The van der Waals surface area contributed by atoms with E-state index in [4.69, 9.17) is 17.3 Å². The van der Waals surface area contributed by atoms with E-state index in [1.807, 2.05) is 0 Å². The molecule has 0 aromatic heterocycles. The van der Waals surface area contributed by atoms with E-state index >= 15 is 0 Å². The summed E-state index contributed by atoms with van der Waals surface area (Å²) in [5.41, 5.74) is 6.68. The second-order valence-corrected chi connectivity index (χ2v) is 4.95. The number of nitro benzene ring substituents is 1. The van der Waals surface area contributed by atoms with Crippen LogP contribution < -0.4 is 5.73 Å². The zero-order valence-electron chi connectivity index (χ0n) is 10.0. The van der Waals surface area contributed by atoms with Gasteiger partial charge >= 0.3 is 0 Å². The fourth-order valence-electron chi connectivity index (χ4n) is 1.58. The van der Waals surface area contributed by atoms with E-state index < -0.39 is 4.92 Å². The van der Waals surface area contributed by atoms with Crippen LogP contribution in [0.3, 0.4) is 0 Å². The van der Waals surface area contributed by atoms with E-state index in [1.165, 1.54) is 12.1 Å². The average Bonchev–Trinajstić information content (AvgIpc) is 2.26. The molecular formula is C12H17ClN2O2. The molecule has 0 heterocycles. The molecule has 0 saturated heterocycles. The van der Waals surface area contributed by atoms with Gasteiger partial charge in [-0.15, -0.1) is 0 Å². The molecule has 2 N–H and O–H groups in total. The van der Waals surface area contributed by atoms with Crippen molar-refractivity contribution in [3.05, 3.63) is 38.9 Å². The summed E-state index contributed by atoms with van der Waals surface area (Å²) < 4.78 is 0. The fraction of sp³-hybridized carbons (Fsp3) is 0.500. The number of nitrogens with two attached hydrogens (primary N) is 1. The zero-order chi connectivity index (χ0) is 13.0. The Balaban J connectivity index is 2.84. The van der Waals surface area contributed by atoms with Gasteiger partial charge in [0.1, 0.15) is 5.02 Å². The molecule has 1 aromatic rings. The van der Waals surface area contributed by atoms with Crippen molar-refractivity contribution in [3.63, 3.8) is 0 Å². The Morgan fingerprint density at radius 1 is 1.41 bits per heavy atom. The third kappa shape index (κ3) is 3.98. The van der Waals surface area contributed by atoms with Gasteiger partial charge in [-0.05, 0) is 30.4 Å². The number of nitro groups is 1. The second kappa shape index (κ2) is 5.98. The van der Waals surface area contributed by atoms with E-state index in [2.05, 4.69) is 13.8 Å². The molecule has 94 valence electrons.